The molecule has 1 atom stereocenters. The number of anilines is 1. The van der Waals surface area contributed by atoms with Crippen molar-refractivity contribution in [2.45, 2.75) is 17.9 Å². The number of rotatable bonds is 6. The Labute approximate surface area is 167 Å². The van der Waals surface area contributed by atoms with Crippen LogP contribution in [0.2, 0.25) is 15.1 Å². The van der Waals surface area contributed by atoms with Gasteiger partial charge in [-0.25, -0.2) is 8.42 Å². The highest BCUT2D eigenvalue weighted by Crippen LogP contribution is 2.27. The Hall–Kier alpha value is -1.31. The number of sulfone groups is 1. The van der Waals surface area contributed by atoms with Gasteiger partial charge in [0.1, 0.15) is 0 Å². The monoisotopic (exact) mass is 434 g/mol. The lowest BCUT2D eigenvalue weighted by atomic mass is 10.1. The Kier molecular flexibility index (Phi) is 6.93. The maximum absolute atomic E-state index is 12.2. The number of hydrogen-bond acceptors (Lipinski definition) is 4. The summed E-state index contributed by atoms with van der Waals surface area (Å²) in [6.45, 7) is 1.85. The Bertz CT molecular complexity index is 933. The Balaban J connectivity index is 2.03. The summed E-state index contributed by atoms with van der Waals surface area (Å²) in [5.41, 5.74) is 1.04. The first-order chi connectivity index (χ1) is 12.1. The van der Waals surface area contributed by atoms with E-state index in [9.17, 15) is 13.2 Å². The second kappa shape index (κ2) is 8.59. The van der Waals surface area contributed by atoms with E-state index in [0.717, 1.165) is 11.8 Å². The zero-order valence-corrected chi connectivity index (χ0v) is 17.1. The first-order valence-corrected chi connectivity index (χ1v) is 10.6. The van der Waals surface area contributed by atoms with Gasteiger partial charge < -0.3 is 10.6 Å². The van der Waals surface area contributed by atoms with Crippen LogP contribution in [0.15, 0.2) is 41.3 Å². The van der Waals surface area contributed by atoms with Gasteiger partial charge in [0.05, 0.1) is 22.2 Å². The molecule has 9 heteroatoms. The van der Waals surface area contributed by atoms with Crippen molar-refractivity contribution in [1.29, 1.82) is 0 Å². The average molecular weight is 436 g/mol. The van der Waals surface area contributed by atoms with E-state index in [4.69, 9.17) is 34.8 Å². The predicted molar refractivity (Wildman–Crippen MR) is 106 cm³/mol. The van der Waals surface area contributed by atoms with Gasteiger partial charge in [0.2, 0.25) is 5.91 Å². The third kappa shape index (κ3) is 5.59. The molecule has 0 aliphatic carbocycles. The van der Waals surface area contributed by atoms with E-state index in [1.807, 2.05) is 6.92 Å². The summed E-state index contributed by atoms with van der Waals surface area (Å²) in [6, 6.07) is 9.09. The van der Waals surface area contributed by atoms with E-state index in [0.29, 0.717) is 10.0 Å². The lowest BCUT2D eigenvalue weighted by molar-refractivity contribution is -0.115. The van der Waals surface area contributed by atoms with Crippen molar-refractivity contribution in [1.82, 2.24) is 5.32 Å². The van der Waals surface area contributed by atoms with Crippen LogP contribution in [-0.2, 0) is 14.6 Å². The third-order valence-corrected chi connectivity index (χ3v) is 5.64. The number of nitrogens with one attached hydrogen (secondary N) is 2. The highest BCUT2D eigenvalue weighted by molar-refractivity contribution is 7.90. The molecule has 5 nitrogen and oxygen atoms in total. The van der Waals surface area contributed by atoms with Crippen molar-refractivity contribution in [3.05, 3.63) is 57.0 Å². The number of amides is 1. The van der Waals surface area contributed by atoms with Crippen molar-refractivity contribution in [3.8, 4) is 0 Å². The molecule has 2 rings (SSSR count). The van der Waals surface area contributed by atoms with Crippen molar-refractivity contribution >= 4 is 56.2 Å². The van der Waals surface area contributed by atoms with E-state index >= 15 is 0 Å². The molecule has 1 amide bonds. The summed E-state index contributed by atoms with van der Waals surface area (Å²) in [4.78, 5) is 12.2. The number of hydrogen-bond donors (Lipinski definition) is 2. The van der Waals surface area contributed by atoms with E-state index in [1.165, 1.54) is 18.2 Å². The topological polar surface area (TPSA) is 75.3 Å². The molecule has 0 aliphatic rings. The third-order valence-electron chi connectivity index (χ3n) is 3.64. The fraction of sp³-hybridized carbons (Fsp3) is 0.235. The number of halogens is 3. The first kappa shape index (κ1) is 21.0. The van der Waals surface area contributed by atoms with Crippen LogP contribution in [0.5, 0.6) is 0 Å². The summed E-state index contributed by atoms with van der Waals surface area (Å²) < 4.78 is 23.2. The Morgan fingerprint density at radius 2 is 1.77 bits per heavy atom. The highest BCUT2D eigenvalue weighted by Gasteiger charge is 2.14. The van der Waals surface area contributed by atoms with Gasteiger partial charge in [-0.3, -0.25) is 4.79 Å². The van der Waals surface area contributed by atoms with E-state index in [1.54, 1.807) is 18.2 Å². The van der Waals surface area contributed by atoms with Crippen LogP contribution in [0, 0.1) is 0 Å². The van der Waals surface area contributed by atoms with Crippen molar-refractivity contribution < 1.29 is 13.2 Å². The lowest BCUT2D eigenvalue weighted by Crippen LogP contribution is -2.30. The van der Waals surface area contributed by atoms with Crippen LogP contribution in [0.4, 0.5) is 5.69 Å². The maximum atomic E-state index is 12.2. The van der Waals surface area contributed by atoms with Gasteiger partial charge in [-0.1, -0.05) is 40.9 Å². The van der Waals surface area contributed by atoms with Crippen LogP contribution < -0.4 is 10.6 Å². The molecule has 1 unspecified atom stereocenters. The molecular formula is C17H17Cl3N2O3S. The van der Waals surface area contributed by atoms with Crippen LogP contribution in [0.3, 0.4) is 0 Å². The summed E-state index contributed by atoms with van der Waals surface area (Å²) in [5, 5.41) is 6.93. The minimum Gasteiger partial charge on any atom is -0.324 e. The molecule has 0 bridgehead atoms. The van der Waals surface area contributed by atoms with Crippen LogP contribution in [-0.4, -0.2) is 27.1 Å². The van der Waals surface area contributed by atoms with Gasteiger partial charge in [-0.05, 0) is 42.8 Å². The van der Waals surface area contributed by atoms with Gasteiger partial charge in [-0.2, -0.15) is 0 Å². The van der Waals surface area contributed by atoms with E-state index < -0.39 is 9.84 Å². The quantitative estimate of drug-likeness (QED) is 0.708. The average Bonchev–Trinajstić information content (AvgIpc) is 2.53. The van der Waals surface area contributed by atoms with Crippen LogP contribution in [0.25, 0.3) is 0 Å². The van der Waals surface area contributed by atoms with Gasteiger partial charge >= 0.3 is 0 Å². The van der Waals surface area contributed by atoms with Gasteiger partial charge in [0, 0.05) is 22.3 Å². The van der Waals surface area contributed by atoms with Crippen LogP contribution in [0.1, 0.15) is 18.5 Å². The molecule has 0 saturated heterocycles. The molecule has 2 N–H and O–H groups in total. The van der Waals surface area contributed by atoms with Gasteiger partial charge in [0.25, 0.3) is 0 Å². The molecule has 0 radical (unpaired) electrons. The zero-order chi connectivity index (χ0) is 19.5. The van der Waals surface area contributed by atoms with Crippen molar-refractivity contribution in [2.24, 2.45) is 0 Å². The van der Waals surface area contributed by atoms with E-state index in [2.05, 4.69) is 10.6 Å². The maximum Gasteiger partial charge on any atom is 0.238 e. The van der Waals surface area contributed by atoms with Crippen molar-refractivity contribution in [2.75, 3.05) is 18.1 Å². The predicted octanol–water partition coefficient (Wildman–Crippen LogP) is 4.34. The Morgan fingerprint density at radius 1 is 1.08 bits per heavy atom. The normalized spacial score (nSPS) is 12.7. The standard InChI is InChI=1S/C17H17Cl3N2O3S/c1-10(13-5-3-11(18)7-15(13)20)21-9-17(23)22-16-8-12(26(2,24)25)4-6-14(16)19/h3-8,10,21H,9H2,1-2H3,(H,22,23). The second-order valence-corrected chi connectivity index (χ2v) is 9.00. The molecule has 2 aromatic rings. The molecule has 0 spiro atoms. The minimum absolute atomic E-state index is 0.0143. The molecule has 0 aromatic heterocycles. The van der Waals surface area contributed by atoms with Gasteiger partial charge in [0.15, 0.2) is 9.84 Å². The molecular weight excluding hydrogens is 419 g/mol. The smallest absolute Gasteiger partial charge is 0.238 e. The number of carbonyl (C=O) groups is 1. The minimum atomic E-state index is -3.40. The molecule has 0 saturated carbocycles. The SMILES string of the molecule is CC(NCC(=O)Nc1cc(S(C)(=O)=O)ccc1Cl)c1ccc(Cl)cc1Cl. The molecule has 0 heterocycles. The summed E-state index contributed by atoms with van der Waals surface area (Å²) >= 11 is 18.1. The molecule has 140 valence electrons. The summed E-state index contributed by atoms with van der Waals surface area (Å²) in [6.07, 6.45) is 1.08. The molecule has 2 aromatic carbocycles. The van der Waals surface area contributed by atoms with Crippen LogP contribution >= 0.6 is 34.8 Å². The molecule has 0 aliphatic heterocycles. The van der Waals surface area contributed by atoms with E-state index in [-0.39, 0.29) is 34.1 Å². The number of benzene rings is 2. The Morgan fingerprint density at radius 3 is 2.38 bits per heavy atom. The van der Waals surface area contributed by atoms with Crippen molar-refractivity contribution in [3.63, 3.8) is 0 Å². The zero-order valence-electron chi connectivity index (χ0n) is 14.0. The molecule has 0 fully saturated rings. The second-order valence-electron chi connectivity index (χ2n) is 5.73. The fourth-order valence-corrected chi connectivity index (χ4v) is 3.62. The fourth-order valence-electron chi connectivity index (χ4n) is 2.23. The lowest BCUT2D eigenvalue weighted by Gasteiger charge is -2.16. The first-order valence-electron chi connectivity index (χ1n) is 7.55. The largest absolute Gasteiger partial charge is 0.324 e. The number of carbonyl (C=O) groups excluding carboxylic acids is 1. The highest BCUT2D eigenvalue weighted by atomic mass is 35.5. The molecule has 26 heavy (non-hydrogen) atoms. The summed E-state index contributed by atoms with van der Waals surface area (Å²) in [5.74, 6) is -0.366. The summed E-state index contributed by atoms with van der Waals surface area (Å²) in [7, 11) is -3.40. The van der Waals surface area contributed by atoms with Gasteiger partial charge in [-0.15, -0.1) is 0 Å².